The van der Waals surface area contributed by atoms with Gasteiger partial charge in [-0.25, -0.2) is 0 Å². The average Bonchev–Trinajstić information content (AvgIpc) is 3.06. The normalized spacial score (nSPS) is 22.8. The van der Waals surface area contributed by atoms with Crippen molar-refractivity contribution in [3.05, 3.63) is 76.9 Å². The summed E-state index contributed by atoms with van der Waals surface area (Å²) < 4.78 is 0. The topological polar surface area (TPSA) is 160 Å². The Bertz CT molecular complexity index is 2360. The molecule has 1 fully saturated rings. The molecule has 0 bridgehead atoms. The van der Waals surface area contributed by atoms with Crippen LogP contribution in [0.15, 0.2) is 54.6 Å². The van der Waals surface area contributed by atoms with Crippen LogP contribution in [0.5, 0.6) is 0 Å². The Labute approximate surface area is 277 Å². The summed E-state index contributed by atoms with van der Waals surface area (Å²) in [6.45, 7) is 2.51. The molecule has 1 aliphatic carbocycles. The predicted molar refractivity (Wildman–Crippen MR) is 195 cm³/mol. The monoisotopic (exact) mass is 635 g/mol. The van der Waals surface area contributed by atoms with Gasteiger partial charge in [-0.05, 0) is 77.3 Å². The van der Waals surface area contributed by atoms with Crippen molar-refractivity contribution in [1.82, 2.24) is 0 Å². The molecule has 0 aromatic heterocycles. The van der Waals surface area contributed by atoms with E-state index in [1.54, 1.807) is 0 Å². The standard InChI is InChI=1S/C39H37N7O2/c1-44-16-45(2)36-19-4-3-5-20(40)27(19)32(30-23(43)10-11-24(44)31(30)36)34-38(47)35(39(34)48)33-28-21(41)8-6-17-12-14-46-15-13-18-7-9-22(42)29(33)26(18)37(46)25(17)28/h3-11,34-35,38-39H,12-16,40-43H2,1-2H3/q-2. The molecule has 0 saturated heterocycles. The molecule has 1 saturated carbocycles. The zero-order valence-corrected chi connectivity index (χ0v) is 27.0. The number of fused-ring (bicyclic) bond motifs is 2. The van der Waals surface area contributed by atoms with Crippen LogP contribution in [0.2, 0.25) is 0 Å². The lowest BCUT2D eigenvalue weighted by Crippen LogP contribution is -2.63. The maximum Gasteiger partial charge on any atom is 0.0897 e. The van der Waals surface area contributed by atoms with Gasteiger partial charge in [0.05, 0.1) is 18.0 Å². The third-order valence-corrected chi connectivity index (χ3v) is 11.9. The number of nitrogens with two attached hydrogens (primary N) is 4. The molecule has 0 amide bonds. The van der Waals surface area contributed by atoms with Crippen molar-refractivity contribution in [1.29, 1.82) is 0 Å². The summed E-state index contributed by atoms with van der Waals surface area (Å²) >= 11 is 0. The van der Waals surface area contributed by atoms with Crippen molar-refractivity contribution in [2.45, 2.75) is 36.9 Å². The van der Waals surface area contributed by atoms with Crippen LogP contribution in [0.3, 0.4) is 0 Å². The van der Waals surface area contributed by atoms with Crippen molar-refractivity contribution >= 4 is 82.9 Å². The average molecular weight is 636 g/mol. The van der Waals surface area contributed by atoms with Gasteiger partial charge in [-0.2, -0.15) is 0 Å². The minimum atomic E-state index is -1.27. The van der Waals surface area contributed by atoms with E-state index >= 15 is 10.2 Å². The van der Waals surface area contributed by atoms with Gasteiger partial charge >= 0.3 is 0 Å². The lowest BCUT2D eigenvalue weighted by atomic mass is 9.60. The van der Waals surface area contributed by atoms with E-state index in [2.05, 4.69) is 26.8 Å². The van der Waals surface area contributed by atoms with E-state index in [1.807, 2.05) is 56.6 Å². The van der Waals surface area contributed by atoms with Gasteiger partial charge in [0.1, 0.15) is 0 Å². The number of hydrogen-bond donors (Lipinski definition) is 4. The predicted octanol–water partition coefficient (Wildman–Crippen LogP) is 3.73. The highest BCUT2D eigenvalue weighted by atomic mass is 16.3. The van der Waals surface area contributed by atoms with E-state index < -0.39 is 24.0 Å². The first kappa shape index (κ1) is 27.9. The molecular formula is C39H37N7O2-2. The number of benzene rings is 6. The number of rotatable bonds is 2. The molecule has 9 nitrogen and oxygen atoms in total. The molecule has 2 unspecified atom stereocenters. The fourth-order valence-electron chi connectivity index (χ4n) is 9.92. The molecule has 48 heavy (non-hydrogen) atoms. The number of hydrogen-bond acceptors (Lipinski definition) is 9. The minimum absolute atomic E-state index is 0.535. The molecule has 9 heteroatoms. The first-order valence-corrected chi connectivity index (χ1v) is 16.8. The first-order valence-electron chi connectivity index (χ1n) is 16.8. The van der Waals surface area contributed by atoms with Crippen molar-refractivity contribution < 1.29 is 10.2 Å². The first-order chi connectivity index (χ1) is 23.2. The Morgan fingerprint density at radius 1 is 0.562 bits per heavy atom. The van der Waals surface area contributed by atoms with Gasteiger partial charge in [-0.1, -0.05) is 24.3 Å². The molecule has 3 aliphatic heterocycles. The summed E-state index contributed by atoms with van der Waals surface area (Å²) in [5, 5.41) is 37.3. The Morgan fingerprint density at radius 2 is 1.08 bits per heavy atom. The van der Waals surface area contributed by atoms with Crippen molar-refractivity contribution in [2.24, 2.45) is 0 Å². The lowest BCUT2D eigenvalue weighted by Gasteiger charge is -2.62. The van der Waals surface area contributed by atoms with E-state index in [1.165, 1.54) is 11.1 Å². The van der Waals surface area contributed by atoms with E-state index in [9.17, 15) is 0 Å². The van der Waals surface area contributed by atoms with Crippen LogP contribution < -0.4 is 47.8 Å². The van der Waals surface area contributed by atoms with Gasteiger partial charge in [-0.15, -0.1) is 12.2 Å². The smallest absolute Gasteiger partial charge is 0.0897 e. The maximum atomic E-state index is 15.1. The summed E-state index contributed by atoms with van der Waals surface area (Å²) in [6, 6.07) is 17.8. The van der Waals surface area contributed by atoms with Crippen LogP contribution in [0.4, 0.5) is 39.8 Å². The zero-order chi connectivity index (χ0) is 32.9. The molecule has 8 N–H and O–H groups in total. The van der Waals surface area contributed by atoms with Gasteiger partial charge < -0.3 is 47.8 Å². The van der Waals surface area contributed by atoms with Crippen LogP contribution >= 0.6 is 0 Å². The largest absolute Gasteiger partial charge is 0.851 e. The molecule has 242 valence electrons. The molecule has 6 aromatic rings. The summed E-state index contributed by atoms with van der Waals surface area (Å²) in [4.78, 5) is 6.79. The van der Waals surface area contributed by atoms with Gasteiger partial charge in [0, 0.05) is 98.7 Å². The van der Waals surface area contributed by atoms with Crippen LogP contribution in [0, 0.1) is 0 Å². The Hall–Kier alpha value is -5.12. The molecule has 4 aliphatic rings. The summed E-state index contributed by atoms with van der Waals surface area (Å²) in [5.74, 6) is -1.73. The van der Waals surface area contributed by atoms with Gasteiger partial charge in [0.25, 0.3) is 0 Å². The van der Waals surface area contributed by atoms with Gasteiger partial charge in [0.15, 0.2) is 0 Å². The molecule has 10 rings (SSSR count). The van der Waals surface area contributed by atoms with Gasteiger partial charge in [0.2, 0.25) is 0 Å². The quantitative estimate of drug-likeness (QED) is 0.164. The molecule has 3 heterocycles. The maximum absolute atomic E-state index is 15.1. The molecule has 2 atom stereocenters. The van der Waals surface area contributed by atoms with Crippen LogP contribution in [-0.4, -0.2) is 46.1 Å². The summed E-state index contributed by atoms with van der Waals surface area (Å²) in [7, 11) is 4.09. The highest BCUT2D eigenvalue weighted by Gasteiger charge is 2.44. The second-order valence-electron chi connectivity index (χ2n) is 14.4. The zero-order valence-electron chi connectivity index (χ0n) is 27.0. The summed E-state index contributed by atoms with van der Waals surface area (Å²) in [6.07, 6.45) is -0.766. The number of anilines is 7. The third-order valence-electron chi connectivity index (χ3n) is 11.9. The fraction of sp³-hybridized carbons (Fsp3) is 0.282. The molecular weight excluding hydrogens is 598 g/mol. The molecule has 0 radical (unpaired) electrons. The lowest BCUT2D eigenvalue weighted by molar-refractivity contribution is -0.535. The van der Waals surface area contributed by atoms with Crippen molar-refractivity contribution in [3.63, 3.8) is 0 Å². The van der Waals surface area contributed by atoms with E-state index in [4.69, 9.17) is 22.9 Å². The fourth-order valence-corrected chi connectivity index (χ4v) is 9.92. The molecule has 0 spiro atoms. The summed E-state index contributed by atoms with van der Waals surface area (Å²) in [5.41, 5.74) is 36.4. The van der Waals surface area contributed by atoms with Crippen LogP contribution in [0.1, 0.15) is 34.1 Å². The Morgan fingerprint density at radius 3 is 1.69 bits per heavy atom. The Kier molecular flexibility index (Phi) is 5.40. The molecule has 6 aromatic carbocycles. The third kappa shape index (κ3) is 3.23. The van der Waals surface area contributed by atoms with Crippen LogP contribution in [0.25, 0.3) is 43.1 Å². The van der Waals surface area contributed by atoms with E-state index in [0.717, 1.165) is 91.6 Å². The highest BCUT2D eigenvalue weighted by molar-refractivity contribution is 6.25. The van der Waals surface area contributed by atoms with E-state index in [-0.39, 0.29) is 0 Å². The van der Waals surface area contributed by atoms with Crippen LogP contribution in [-0.2, 0) is 12.8 Å². The van der Waals surface area contributed by atoms with Crippen molar-refractivity contribution in [2.75, 3.05) is 71.5 Å². The highest BCUT2D eigenvalue weighted by Crippen LogP contribution is 2.59. The van der Waals surface area contributed by atoms with Gasteiger partial charge in [-0.3, -0.25) is 0 Å². The Balaban J connectivity index is 1.27. The SMILES string of the molecule is CN1CN(C)c2c3cccc(N)c3c(C3C([O-])C(c4c5c(N)ccc6c5c5c7c(ccc(N)c47)CCN5CC6)C3[O-])c3c(N)ccc1c23. The minimum Gasteiger partial charge on any atom is -0.851 e. The van der Waals surface area contributed by atoms with E-state index in [0.29, 0.717) is 35.0 Å². The number of nitrogens with zero attached hydrogens (tertiary/aromatic N) is 3. The second-order valence-corrected chi connectivity index (χ2v) is 14.4. The second kappa shape index (κ2) is 9.27. The number of nitrogen functional groups attached to an aromatic ring is 4. The van der Waals surface area contributed by atoms with Crippen molar-refractivity contribution in [3.8, 4) is 0 Å².